The van der Waals surface area contributed by atoms with E-state index in [1.807, 2.05) is 17.5 Å². The second kappa shape index (κ2) is 9.07. The van der Waals surface area contributed by atoms with Gasteiger partial charge in [0.05, 0.1) is 16.1 Å². The van der Waals surface area contributed by atoms with Gasteiger partial charge in [0.1, 0.15) is 0 Å². The van der Waals surface area contributed by atoms with Crippen LogP contribution in [0, 0.1) is 0 Å². The van der Waals surface area contributed by atoms with Crippen LogP contribution in [-0.2, 0) is 9.53 Å². The molecule has 5 nitrogen and oxygen atoms in total. The van der Waals surface area contributed by atoms with Crippen molar-refractivity contribution in [2.24, 2.45) is 0 Å². The molecule has 3 rings (SSSR count). The molecule has 0 saturated carbocycles. The second-order valence-electron chi connectivity index (χ2n) is 5.36. The molecule has 0 spiro atoms. The van der Waals surface area contributed by atoms with E-state index in [9.17, 15) is 14.4 Å². The van der Waals surface area contributed by atoms with Crippen LogP contribution in [0.5, 0.6) is 0 Å². The zero-order valence-electron chi connectivity index (χ0n) is 14.1. The molecule has 1 N–H and O–H groups in total. The van der Waals surface area contributed by atoms with E-state index in [1.165, 1.54) is 34.8 Å². The number of hydrogen-bond acceptors (Lipinski definition) is 6. The van der Waals surface area contributed by atoms with Crippen molar-refractivity contribution in [3.05, 3.63) is 80.7 Å². The van der Waals surface area contributed by atoms with Gasteiger partial charge in [0.2, 0.25) is 11.7 Å². The molecule has 27 heavy (non-hydrogen) atoms. The molecule has 0 aliphatic heterocycles. The van der Waals surface area contributed by atoms with Gasteiger partial charge in [-0.3, -0.25) is 9.59 Å². The third kappa shape index (κ3) is 5.22. The molecule has 0 fully saturated rings. The summed E-state index contributed by atoms with van der Waals surface area (Å²) < 4.78 is 5.11. The molecular weight excluding hydrogens is 382 g/mol. The van der Waals surface area contributed by atoms with Crippen LogP contribution in [0.1, 0.15) is 24.9 Å². The maximum atomic E-state index is 12.3. The van der Waals surface area contributed by atoms with Crippen LogP contribution in [0.3, 0.4) is 0 Å². The lowest BCUT2D eigenvalue weighted by molar-refractivity contribution is -0.111. The molecule has 0 unspecified atom stereocenters. The van der Waals surface area contributed by atoms with E-state index in [-0.39, 0.29) is 23.9 Å². The number of nitrogens with one attached hydrogen (secondary N) is 1. The van der Waals surface area contributed by atoms with Crippen molar-refractivity contribution in [3.8, 4) is 0 Å². The minimum atomic E-state index is -0.668. The van der Waals surface area contributed by atoms with E-state index in [1.54, 1.807) is 41.8 Å². The standard InChI is InChI=1S/C20H15NO4S2/c22-17(18-8-4-12-27-18)13-25-20(24)15-6-1-2-7-16(15)21-19(23)10-9-14-5-3-11-26-14/h1-12H,13H2,(H,21,23). The maximum absolute atomic E-state index is 12.3. The lowest BCUT2D eigenvalue weighted by Crippen LogP contribution is -2.16. The summed E-state index contributed by atoms with van der Waals surface area (Å²) in [7, 11) is 0. The summed E-state index contributed by atoms with van der Waals surface area (Å²) in [5.74, 6) is -1.30. The van der Waals surface area contributed by atoms with Crippen molar-refractivity contribution in [1.82, 2.24) is 0 Å². The Morgan fingerprint density at radius 1 is 0.963 bits per heavy atom. The molecule has 3 aromatic rings. The number of hydrogen-bond donors (Lipinski definition) is 1. The monoisotopic (exact) mass is 397 g/mol. The molecule has 2 aromatic heterocycles. The fourth-order valence-corrected chi connectivity index (χ4v) is 3.47. The smallest absolute Gasteiger partial charge is 0.340 e. The van der Waals surface area contributed by atoms with Gasteiger partial charge < -0.3 is 10.1 Å². The summed E-state index contributed by atoms with van der Waals surface area (Å²) in [5, 5.41) is 6.36. The summed E-state index contributed by atoms with van der Waals surface area (Å²) in [6, 6.07) is 13.7. The molecular formula is C20H15NO4S2. The number of amides is 1. The summed E-state index contributed by atoms with van der Waals surface area (Å²) in [5.41, 5.74) is 0.515. The van der Waals surface area contributed by atoms with Crippen molar-refractivity contribution in [2.45, 2.75) is 0 Å². The van der Waals surface area contributed by atoms with E-state index in [4.69, 9.17) is 4.74 Å². The Balaban J connectivity index is 1.63. The topological polar surface area (TPSA) is 72.5 Å². The van der Waals surface area contributed by atoms with Crippen LogP contribution in [0.15, 0.2) is 65.4 Å². The van der Waals surface area contributed by atoms with E-state index < -0.39 is 5.97 Å². The first-order chi connectivity index (χ1) is 13.1. The van der Waals surface area contributed by atoms with Gasteiger partial charge in [0, 0.05) is 11.0 Å². The largest absolute Gasteiger partial charge is 0.454 e. The number of thiophene rings is 2. The number of ether oxygens (including phenoxy) is 1. The zero-order valence-corrected chi connectivity index (χ0v) is 15.7. The fourth-order valence-electron chi connectivity index (χ4n) is 2.21. The second-order valence-corrected chi connectivity index (χ2v) is 7.29. The Labute approximate surface area is 163 Å². The normalized spacial score (nSPS) is 10.7. The Kier molecular flexibility index (Phi) is 6.30. The highest BCUT2D eigenvalue weighted by atomic mass is 32.1. The minimum Gasteiger partial charge on any atom is -0.454 e. The number of esters is 1. The molecule has 0 aliphatic rings. The van der Waals surface area contributed by atoms with Gasteiger partial charge in [-0.25, -0.2) is 4.79 Å². The van der Waals surface area contributed by atoms with Crippen molar-refractivity contribution in [1.29, 1.82) is 0 Å². The number of carbonyl (C=O) groups is 3. The van der Waals surface area contributed by atoms with E-state index in [0.29, 0.717) is 10.6 Å². The molecule has 0 saturated heterocycles. The first-order valence-corrected chi connectivity index (χ1v) is 9.75. The van der Waals surface area contributed by atoms with Crippen LogP contribution in [0.25, 0.3) is 6.08 Å². The SMILES string of the molecule is O=C(C=Cc1cccs1)Nc1ccccc1C(=O)OCC(=O)c1cccs1. The third-order valence-corrected chi connectivity index (χ3v) is 5.23. The van der Waals surface area contributed by atoms with E-state index in [0.717, 1.165) is 4.88 Å². The summed E-state index contributed by atoms with van der Waals surface area (Å²) >= 11 is 2.81. The Hall–Kier alpha value is -3.03. The lowest BCUT2D eigenvalue weighted by atomic mass is 10.1. The molecule has 2 heterocycles. The Morgan fingerprint density at radius 2 is 1.74 bits per heavy atom. The highest BCUT2D eigenvalue weighted by molar-refractivity contribution is 7.12. The number of para-hydroxylation sites is 1. The molecule has 1 amide bonds. The summed E-state index contributed by atoms with van der Waals surface area (Å²) in [4.78, 5) is 37.9. The van der Waals surface area contributed by atoms with Crippen LogP contribution in [-0.4, -0.2) is 24.3 Å². The first-order valence-electron chi connectivity index (χ1n) is 7.99. The molecule has 0 bridgehead atoms. The predicted octanol–water partition coefficient (Wildman–Crippen LogP) is 4.50. The minimum absolute atomic E-state index is 0.189. The van der Waals surface area contributed by atoms with Crippen LogP contribution in [0.4, 0.5) is 5.69 Å². The van der Waals surface area contributed by atoms with Gasteiger partial charge in [0.25, 0.3) is 0 Å². The Morgan fingerprint density at radius 3 is 2.48 bits per heavy atom. The van der Waals surface area contributed by atoms with Gasteiger partial charge in [-0.1, -0.05) is 24.3 Å². The van der Waals surface area contributed by atoms with Crippen molar-refractivity contribution < 1.29 is 19.1 Å². The average molecular weight is 397 g/mol. The molecule has 1 aromatic carbocycles. The average Bonchev–Trinajstić information content (AvgIpc) is 3.38. The number of anilines is 1. The van der Waals surface area contributed by atoms with E-state index >= 15 is 0 Å². The zero-order chi connectivity index (χ0) is 19.1. The summed E-state index contributed by atoms with van der Waals surface area (Å²) in [6.07, 6.45) is 3.09. The molecule has 136 valence electrons. The number of benzene rings is 1. The van der Waals surface area contributed by atoms with Gasteiger partial charge in [-0.05, 0) is 41.1 Å². The van der Waals surface area contributed by atoms with Crippen molar-refractivity contribution in [3.63, 3.8) is 0 Å². The van der Waals surface area contributed by atoms with Gasteiger partial charge >= 0.3 is 5.97 Å². The number of ketones is 1. The van der Waals surface area contributed by atoms with Crippen LogP contribution >= 0.6 is 22.7 Å². The summed E-state index contributed by atoms with van der Waals surface area (Å²) in [6.45, 7) is -0.347. The third-order valence-electron chi connectivity index (χ3n) is 3.48. The van der Waals surface area contributed by atoms with Crippen LogP contribution < -0.4 is 5.32 Å². The molecule has 0 atom stereocenters. The molecule has 7 heteroatoms. The maximum Gasteiger partial charge on any atom is 0.340 e. The van der Waals surface area contributed by atoms with Crippen LogP contribution in [0.2, 0.25) is 0 Å². The van der Waals surface area contributed by atoms with Gasteiger partial charge in [-0.15, -0.1) is 22.7 Å². The highest BCUT2D eigenvalue weighted by Gasteiger charge is 2.16. The number of carbonyl (C=O) groups excluding carboxylic acids is 3. The fraction of sp³-hybridized carbons (Fsp3) is 0.0500. The van der Waals surface area contributed by atoms with Crippen molar-refractivity contribution >= 4 is 52.1 Å². The van der Waals surface area contributed by atoms with Gasteiger partial charge in [0.15, 0.2) is 6.61 Å². The highest BCUT2D eigenvalue weighted by Crippen LogP contribution is 2.17. The van der Waals surface area contributed by atoms with E-state index in [2.05, 4.69) is 5.32 Å². The van der Waals surface area contributed by atoms with Crippen molar-refractivity contribution in [2.75, 3.05) is 11.9 Å². The number of rotatable bonds is 7. The molecule has 0 aliphatic carbocycles. The quantitative estimate of drug-likeness (QED) is 0.362. The van der Waals surface area contributed by atoms with Gasteiger partial charge in [-0.2, -0.15) is 0 Å². The number of Topliss-reactive ketones (excluding diaryl/α,β-unsaturated/α-hetero) is 1. The first kappa shape index (κ1) is 18.8. The predicted molar refractivity (Wildman–Crippen MR) is 107 cm³/mol. The Bertz CT molecular complexity index is 960. The lowest BCUT2D eigenvalue weighted by Gasteiger charge is -2.09. The molecule has 0 radical (unpaired) electrons.